The van der Waals surface area contributed by atoms with E-state index in [1.807, 2.05) is 51.1 Å². The number of nitrogens with zero attached hydrogens (tertiary/aromatic N) is 2. The highest BCUT2D eigenvalue weighted by Gasteiger charge is 2.35. The number of anilines is 1. The Kier molecular flexibility index (Phi) is 12.6. The van der Waals surface area contributed by atoms with Gasteiger partial charge in [-0.3, -0.25) is 13.9 Å². The van der Waals surface area contributed by atoms with Crippen molar-refractivity contribution in [2.24, 2.45) is 0 Å². The van der Waals surface area contributed by atoms with Gasteiger partial charge in [0.15, 0.2) is 0 Å². The third-order valence-electron chi connectivity index (χ3n) is 7.74. The summed E-state index contributed by atoms with van der Waals surface area (Å²) in [7, 11) is -4.31. The minimum Gasteiger partial charge on any atom is -0.352 e. The highest BCUT2D eigenvalue weighted by molar-refractivity contribution is 7.92. The molecule has 0 aliphatic heterocycles. The van der Waals surface area contributed by atoms with Crippen molar-refractivity contribution >= 4 is 73.9 Å². The Morgan fingerprint density at radius 3 is 2.04 bits per heavy atom. The lowest BCUT2D eigenvalue weighted by Gasteiger charge is -2.34. The lowest BCUT2D eigenvalue weighted by Crippen LogP contribution is -2.54. The Balaban J connectivity index is 1.86. The van der Waals surface area contributed by atoms with Crippen LogP contribution in [-0.4, -0.2) is 43.8 Å². The largest absolute Gasteiger partial charge is 0.352 e. The van der Waals surface area contributed by atoms with Crippen LogP contribution in [0.3, 0.4) is 0 Å². The van der Waals surface area contributed by atoms with Crippen LogP contribution in [0, 0.1) is 6.92 Å². The first kappa shape index (κ1) is 36.6. The average Bonchev–Trinajstić information content (AvgIpc) is 3.04. The van der Waals surface area contributed by atoms with Crippen molar-refractivity contribution in [2.45, 2.75) is 57.1 Å². The second-order valence-electron chi connectivity index (χ2n) is 11.2. The zero-order chi connectivity index (χ0) is 34.3. The highest BCUT2D eigenvalue weighted by Crippen LogP contribution is 2.32. The number of halogens is 4. The topological polar surface area (TPSA) is 86.8 Å². The van der Waals surface area contributed by atoms with E-state index < -0.39 is 34.4 Å². The minimum atomic E-state index is -4.31. The zero-order valence-electron chi connectivity index (χ0n) is 26.1. The van der Waals surface area contributed by atoms with Gasteiger partial charge in [0.2, 0.25) is 11.8 Å². The molecule has 7 nitrogen and oxygen atoms in total. The van der Waals surface area contributed by atoms with E-state index in [0.29, 0.717) is 22.0 Å². The van der Waals surface area contributed by atoms with E-state index in [0.717, 1.165) is 15.4 Å². The average molecular weight is 736 g/mol. The Bertz CT molecular complexity index is 1800. The summed E-state index contributed by atoms with van der Waals surface area (Å²) < 4.78 is 29.4. The Morgan fingerprint density at radius 1 is 0.809 bits per heavy atom. The van der Waals surface area contributed by atoms with Gasteiger partial charge in [-0.2, -0.15) is 0 Å². The fourth-order valence-electron chi connectivity index (χ4n) is 4.86. The number of sulfonamides is 1. The summed E-state index contributed by atoms with van der Waals surface area (Å²) in [4.78, 5) is 29.9. The van der Waals surface area contributed by atoms with Crippen molar-refractivity contribution in [2.75, 3.05) is 10.8 Å². The molecule has 2 amide bonds. The fourth-order valence-corrected chi connectivity index (χ4v) is 7.07. The monoisotopic (exact) mass is 733 g/mol. The number of hydrogen-bond donors (Lipinski definition) is 1. The van der Waals surface area contributed by atoms with E-state index in [2.05, 4.69) is 5.32 Å². The maximum absolute atomic E-state index is 14.6. The molecular formula is C35H35Cl4N3O4S. The molecular weight excluding hydrogens is 700 g/mol. The maximum Gasteiger partial charge on any atom is 0.264 e. The van der Waals surface area contributed by atoms with E-state index in [-0.39, 0.29) is 39.6 Å². The summed E-state index contributed by atoms with van der Waals surface area (Å²) in [5.41, 5.74) is 2.20. The van der Waals surface area contributed by atoms with E-state index in [1.165, 1.54) is 35.2 Å². The van der Waals surface area contributed by atoms with Gasteiger partial charge < -0.3 is 10.2 Å². The summed E-state index contributed by atoms with van der Waals surface area (Å²) in [5.74, 6) is -1.06. The lowest BCUT2D eigenvalue weighted by molar-refractivity contribution is -0.140. The summed E-state index contributed by atoms with van der Waals surface area (Å²) in [6, 6.07) is 23.6. The molecule has 248 valence electrons. The van der Waals surface area contributed by atoms with E-state index in [1.54, 1.807) is 30.3 Å². The normalized spacial score (nSPS) is 12.7. The first-order valence-electron chi connectivity index (χ1n) is 14.9. The number of rotatable bonds is 13. The van der Waals surface area contributed by atoms with Gasteiger partial charge in [-0.05, 0) is 68.3 Å². The molecule has 47 heavy (non-hydrogen) atoms. The molecule has 4 aromatic carbocycles. The van der Waals surface area contributed by atoms with E-state index in [9.17, 15) is 18.0 Å². The standard InChI is InChI=1S/C35H35Cl4N3O4S/c1-4-24(3)40-35(44)33(19-25-9-6-5-7-10-25)41(21-28-29(36)11-8-12-30(28)37)34(43)22-42(26-15-18-31(38)32(39)20-26)47(45,46)27-16-13-23(2)14-17-27/h5-18,20,24,33H,4,19,21-22H2,1-3H3,(H,40,44)/t24-,33+/m1/s1. The molecule has 0 saturated heterocycles. The SMILES string of the molecule is CC[C@@H](C)NC(=O)[C@H](Cc1ccccc1)N(Cc1c(Cl)cccc1Cl)C(=O)CN(c1ccc(Cl)c(Cl)c1)S(=O)(=O)c1ccc(C)cc1. The van der Waals surface area contributed by atoms with Crippen LogP contribution in [-0.2, 0) is 32.6 Å². The van der Waals surface area contributed by atoms with Gasteiger partial charge in [0, 0.05) is 34.6 Å². The summed E-state index contributed by atoms with van der Waals surface area (Å²) in [5, 5.41) is 3.91. The molecule has 4 aromatic rings. The van der Waals surface area contributed by atoms with Gasteiger partial charge in [-0.1, -0.05) is 107 Å². The smallest absolute Gasteiger partial charge is 0.264 e. The minimum absolute atomic E-state index is 0.0296. The van der Waals surface area contributed by atoms with Crippen LogP contribution in [0.1, 0.15) is 37.0 Å². The molecule has 12 heteroatoms. The van der Waals surface area contributed by atoms with Gasteiger partial charge in [-0.25, -0.2) is 8.42 Å². The molecule has 0 unspecified atom stereocenters. The summed E-state index contributed by atoms with van der Waals surface area (Å²) in [6.45, 7) is 4.82. The van der Waals surface area contributed by atoms with Gasteiger partial charge in [0.25, 0.3) is 10.0 Å². The molecule has 0 radical (unpaired) electrons. The van der Waals surface area contributed by atoms with Gasteiger partial charge in [0.05, 0.1) is 20.6 Å². The third kappa shape index (κ3) is 9.21. The predicted octanol–water partition coefficient (Wildman–Crippen LogP) is 8.36. The Labute approximate surface area is 296 Å². The molecule has 0 fully saturated rings. The van der Waals surface area contributed by atoms with Gasteiger partial charge in [0.1, 0.15) is 12.6 Å². The maximum atomic E-state index is 14.6. The number of carbonyl (C=O) groups excluding carboxylic acids is 2. The molecule has 4 rings (SSSR count). The predicted molar refractivity (Wildman–Crippen MR) is 191 cm³/mol. The van der Waals surface area contributed by atoms with Crippen LogP contribution in [0.5, 0.6) is 0 Å². The second kappa shape index (κ2) is 16.2. The van der Waals surface area contributed by atoms with Crippen LogP contribution >= 0.6 is 46.4 Å². The van der Waals surface area contributed by atoms with E-state index >= 15 is 0 Å². The molecule has 0 spiro atoms. The first-order chi connectivity index (χ1) is 22.3. The molecule has 0 aliphatic rings. The van der Waals surface area contributed by atoms with Crippen molar-refractivity contribution in [1.29, 1.82) is 0 Å². The third-order valence-corrected chi connectivity index (χ3v) is 11.0. The van der Waals surface area contributed by atoms with Crippen LogP contribution in [0.2, 0.25) is 20.1 Å². The fraction of sp³-hybridized carbons (Fsp3) is 0.257. The molecule has 2 atom stereocenters. The molecule has 1 N–H and O–H groups in total. The number of benzene rings is 4. The number of hydrogen-bond acceptors (Lipinski definition) is 4. The van der Waals surface area contributed by atoms with Gasteiger partial charge in [-0.15, -0.1) is 0 Å². The number of nitrogens with one attached hydrogen (secondary N) is 1. The van der Waals surface area contributed by atoms with Crippen molar-refractivity contribution < 1.29 is 18.0 Å². The Hall–Kier alpha value is -3.27. The first-order valence-corrected chi connectivity index (χ1v) is 17.9. The summed E-state index contributed by atoms with van der Waals surface area (Å²) >= 11 is 25.6. The lowest BCUT2D eigenvalue weighted by atomic mass is 10.0. The molecule has 0 bridgehead atoms. The summed E-state index contributed by atoms with van der Waals surface area (Å²) in [6.07, 6.45) is 0.808. The molecule has 0 aromatic heterocycles. The van der Waals surface area contributed by atoms with Crippen LogP contribution in [0.25, 0.3) is 0 Å². The van der Waals surface area contributed by atoms with Crippen molar-refractivity contribution in [1.82, 2.24) is 10.2 Å². The number of amides is 2. The highest BCUT2D eigenvalue weighted by atomic mass is 35.5. The second-order valence-corrected chi connectivity index (χ2v) is 14.7. The van der Waals surface area contributed by atoms with Crippen LogP contribution in [0.15, 0.2) is 95.9 Å². The Morgan fingerprint density at radius 2 is 1.45 bits per heavy atom. The van der Waals surface area contributed by atoms with Crippen molar-refractivity contribution in [3.05, 3.63) is 128 Å². The molecule has 0 saturated carbocycles. The number of aryl methyl sites for hydroxylation is 1. The van der Waals surface area contributed by atoms with Crippen molar-refractivity contribution in [3.8, 4) is 0 Å². The molecule has 0 aliphatic carbocycles. The van der Waals surface area contributed by atoms with E-state index in [4.69, 9.17) is 46.4 Å². The van der Waals surface area contributed by atoms with Crippen molar-refractivity contribution in [3.63, 3.8) is 0 Å². The zero-order valence-corrected chi connectivity index (χ0v) is 29.9. The molecule has 0 heterocycles. The number of carbonyl (C=O) groups is 2. The van der Waals surface area contributed by atoms with Crippen LogP contribution in [0.4, 0.5) is 5.69 Å². The van der Waals surface area contributed by atoms with Gasteiger partial charge >= 0.3 is 0 Å². The van der Waals surface area contributed by atoms with Crippen LogP contribution < -0.4 is 9.62 Å². The quantitative estimate of drug-likeness (QED) is 0.150.